The Morgan fingerprint density at radius 2 is 1.88 bits per heavy atom. The van der Waals surface area contributed by atoms with Gasteiger partial charge in [0.1, 0.15) is 12.4 Å². The quantitative estimate of drug-likeness (QED) is 0.579. The van der Waals surface area contributed by atoms with Crippen molar-refractivity contribution in [2.45, 2.75) is 58.3 Å². The largest absolute Gasteiger partial charge is 0.480 e. The smallest absolute Gasteiger partial charge is 0.416 e. The predicted molar refractivity (Wildman–Crippen MR) is 112 cm³/mol. The molecule has 2 atom stereocenters. The van der Waals surface area contributed by atoms with Crippen LogP contribution in [0.15, 0.2) is 30.6 Å². The molecule has 0 spiro atoms. The molecule has 6 nitrogen and oxygen atoms in total. The van der Waals surface area contributed by atoms with Crippen molar-refractivity contribution in [3.8, 4) is 0 Å². The molecule has 0 saturated carbocycles. The van der Waals surface area contributed by atoms with Gasteiger partial charge in [0.2, 0.25) is 5.82 Å². The molecule has 10 heteroatoms. The maximum absolute atomic E-state index is 15.3. The Labute approximate surface area is 183 Å². The van der Waals surface area contributed by atoms with Crippen LogP contribution in [-0.4, -0.2) is 33.6 Å². The van der Waals surface area contributed by atoms with Crippen molar-refractivity contribution < 1.29 is 27.5 Å². The highest BCUT2D eigenvalue weighted by atomic mass is 19.4. The number of aromatic nitrogens is 2. The van der Waals surface area contributed by atoms with E-state index in [2.05, 4.69) is 15.3 Å². The molecule has 1 unspecified atom stereocenters. The van der Waals surface area contributed by atoms with E-state index in [0.29, 0.717) is 24.9 Å². The van der Waals surface area contributed by atoms with Crippen LogP contribution in [0.2, 0.25) is 0 Å². The molecule has 2 heterocycles. The summed E-state index contributed by atoms with van der Waals surface area (Å²) in [6, 6.07) is 3.43. The third-order valence-electron chi connectivity index (χ3n) is 5.34. The van der Waals surface area contributed by atoms with Gasteiger partial charge < -0.3 is 15.3 Å². The molecule has 2 aromatic rings. The summed E-state index contributed by atoms with van der Waals surface area (Å²) in [5.74, 6) is -2.13. The van der Waals surface area contributed by atoms with Crippen molar-refractivity contribution >= 4 is 17.6 Å². The number of hydrogen-bond donors (Lipinski definition) is 2. The van der Waals surface area contributed by atoms with Gasteiger partial charge in [-0.25, -0.2) is 14.8 Å². The Kier molecular flexibility index (Phi) is 6.61. The van der Waals surface area contributed by atoms with Gasteiger partial charge in [0.25, 0.3) is 0 Å². The number of rotatable bonds is 6. The first-order chi connectivity index (χ1) is 14.9. The van der Waals surface area contributed by atoms with Crippen LogP contribution in [0.5, 0.6) is 0 Å². The van der Waals surface area contributed by atoms with E-state index in [9.17, 15) is 23.1 Å². The molecule has 2 N–H and O–H groups in total. The van der Waals surface area contributed by atoms with Crippen LogP contribution in [0.1, 0.15) is 57.2 Å². The molecule has 0 radical (unpaired) electrons. The van der Waals surface area contributed by atoms with Gasteiger partial charge in [0.05, 0.1) is 11.6 Å². The lowest BCUT2D eigenvalue weighted by atomic mass is 9.88. The standard InChI is InChI=1S/C22H26F4N4O2/c1-21(2,3)11-15(20(31)32)29-18-17(23)19(28-12-27-18)30-10-4-5-16(30)13-6-8-14(9-7-13)22(24,25)26/h6-9,12,15-16H,4-5,10-11H2,1-3H3,(H,31,32)(H,27,28,29)/t15?,16-/m1/s1. The highest BCUT2D eigenvalue weighted by Gasteiger charge is 2.34. The predicted octanol–water partition coefficient (Wildman–Crippen LogP) is 5.28. The Morgan fingerprint density at radius 1 is 1.22 bits per heavy atom. The van der Waals surface area contributed by atoms with Crippen LogP contribution < -0.4 is 10.2 Å². The number of nitrogens with one attached hydrogen (secondary N) is 1. The number of alkyl halides is 3. The number of hydrogen-bond acceptors (Lipinski definition) is 5. The second-order valence-corrected chi connectivity index (χ2v) is 9.13. The molecule has 1 aromatic heterocycles. The number of carbonyl (C=O) groups is 1. The van der Waals surface area contributed by atoms with Gasteiger partial charge in [0, 0.05) is 6.54 Å². The van der Waals surface area contributed by atoms with Crippen molar-refractivity contribution in [2.75, 3.05) is 16.8 Å². The minimum atomic E-state index is -4.43. The Bertz CT molecular complexity index is 958. The fourth-order valence-corrected chi connectivity index (χ4v) is 3.90. The summed E-state index contributed by atoms with van der Waals surface area (Å²) in [4.78, 5) is 21.3. The first kappa shape index (κ1) is 23.7. The van der Waals surface area contributed by atoms with E-state index in [1.807, 2.05) is 20.8 Å². The van der Waals surface area contributed by atoms with Crippen molar-refractivity contribution in [3.05, 3.63) is 47.5 Å². The summed E-state index contributed by atoms with van der Waals surface area (Å²) < 4.78 is 53.9. The summed E-state index contributed by atoms with van der Waals surface area (Å²) in [5, 5.41) is 12.2. The second kappa shape index (κ2) is 8.91. The minimum absolute atomic E-state index is 0.00945. The number of anilines is 2. The lowest BCUT2D eigenvalue weighted by Crippen LogP contribution is -2.34. The third-order valence-corrected chi connectivity index (χ3v) is 5.34. The fraction of sp³-hybridized carbons (Fsp3) is 0.500. The average molecular weight is 454 g/mol. The number of carboxylic acids is 1. The fourth-order valence-electron chi connectivity index (χ4n) is 3.90. The summed E-state index contributed by atoms with van der Waals surface area (Å²) in [7, 11) is 0. The molecular weight excluding hydrogens is 428 g/mol. The first-order valence-corrected chi connectivity index (χ1v) is 10.3. The van der Waals surface area contributed by atoms with E-state index >= 15 is 4.39 Å². The van der Waals surface area contributed by atoms with E-state index in [-0.39, 0.29) is 29.5 Å². The van der Waals surface area contributed by atoms with Gasteiger partial charge in [-0.1, -0.05) is 32.9 Å². The van der Waals surface area contributed by atoms with E-state index in [1.165, 1.54) is 12.1 Å². The molecule has 1 aromatic carbocycles. The maximum atomic E-state index is 15.3. The van der Waals surface area contributed by atoms with Crippen LogP contribution in [0.3, 0.4) is 0 Å². The number of carboxylic acid groups (broad SMARTS) is 1. The normalized spacial score (nSPS) is 18.0. The highest BCUT2D eigenvalue weighted by Crippen LogP contribution is 2.38. The van der Waals surface area contributed by atoms with Crippen LogP contribution in [0.4, 0.5) is 29.2 Å². The van der Waals surface area contributed by atoms with Crippen LogP contribution in [0, 0.1) is 11.2 Å². The summed E-state index contributed by atoms with van der Waals surface area (Å²) in [6.07, 6.45) is -1.70. The van der Waals surface area contributed by atoms with Crippen LogP contribution >= 0.6 is 0 Å². The highest BCUT2D eigenvalue weighted by molar-refractivity contribution is 5.77. The number of benzene rings is 1. The van der Waals surface area contributed by atoms with Gasteiger partial charge in [-0.2, -0.15) is 17.6 Å². The molecular formula is C22H26F4N4O2. The van der Waals surface area contributed by atoms with E-state index in [0.717, 1.165) is 18.5 Å². The first-order valence-electron chi connectivity index (χ1n) is 10.3. The zero-order chi connectivity index (χ0) is 23.7. The molecule has 0 bridgehead atoms. The van der Waals surface area contributed by atoms with Crippen molar-refractivity contribution in [1.82, 2.24) is 9.97 Å². The summed E-state index contributed by atoms with van der Waals surface area (Å²) >= 11 is 0. The zero-order valence-corrected chi connectivity index (χ0v) is 18.1. The van der Waals surface area contributed by atoms with Gasteiger partial charge in [0.15, 0.2) is 11.6 Å². The van der Waals surface area contributed by atoms with E-state index < -0.39 is 29.6 Å². The average Bonchev–Trinajstić information content (AvgIpc) is 3.17. The number of halogens is 4. The lowest BCUT2D eigenvalue weighted by molar-refractivity contribution is -0.139. The Balaban J connectivity index is 1.87. The second-order valence-electron chi connectivity index (χ2n) is 9.13. The molecule has 32 heavy (non-hydrogen) atoms. The van der Waals surface area contributed by atoms with E-state index in [1.54, 1.807) is 4.90 Å². The van der Waals surface area contributed by atoms with Crippen molar-refractivity contribution in [2.24, 2.45) is 5.41 Å². The van der Waals surface area contributed by atoms with Crippen molar-refractivity contribution in [3.63, 3.8) is 0 Å². The van der Waals surface area contributed by atoms with Gasteiger partial charge >= 0.3 is 12.1 Å². The third kappa shape index (κ3) is 5.46. The van der Waals surface area contributed by atoms with Gasteiger partial charge in [-0.15, -0.1) is 0 Å². The zero-order valence-electron chi connectivity index (χ0n) is 18.1. The SMILES string of the molecule is CC(C)(C)CC(Nc1ncnc(N2CCC[C@@H]2c2ccc(C(F)(F)F)cc2)c1F)C(=O)O. The maximum Gasteiger partial charge on any atom is 0.416 e. The molecule has 1 fully saturated rings. The molecule has 1 aliphatic heterocycles. The topological polar surface area (TPSA) is 78.4 Å². The summed E-state index contributed by atoms with van der Waals surface area (Å²) in [5.41, 5.74) is -0.436. The van der Waals surface area contributed by atoms with Crippen LogP contribution in [-0.2, 0) is 11.0 Å². The minimum Gasteiger partial charge on any atom is -0.480 e. The Hall–Kier alpha value is -2.91. The molecule has 3 rings (SSSR count). The summed E-state index contributed by atoms with van der Waals surface area (Å²) in [6.45, 7) is 6.10. The number of aliphatic carboxylic acids is 1. The van der Waals surface area contributed by atoms with Crippen LogP contribution in [0.25, 0.3) is 0 Å². The molecule has 1 aliphatic rings. The number of nitrogens with zero attached hydrogens (tertiary/aromatic N) is 3. The van der Waals surface area contributed by atoms with Crippen molar-refractivity contribution in [1.29, 1.82) is 0 Å². The molecule has 0 aliphatic carbocycles. The van der Waals surface area contributed by atoms with Gasteiger partial charge in [-0.05, 0) is 42.4 Å². The lowest BCUT2D eigenvalue weighted by Gasteiger charge is -2.28. The monoisotopic (exact) mass is 454 g/mol. The Morgan fingerprint density at radius 3 is 2.44 bits per heavy atom. The molecule has 174 valence electrons. The molecule has 0 amide bonds. The van der Waals surface area contributed by atoms with Gasteiger partial charge in [-0.3, -0.25) is 0 Å². The van der Waals surface area contributed by atoms with E-state index in [4.69, 9.17) is 0 Å². The molecule has 1 saturated heterocycles.